The first-order valence-electron chi connectivity index (χ1n) is 11.0. The lowest BCUT2D eigenvalue weighted by molar-refractivity contribution is -0.133. The number of hydrogen-bond acceptors (Lipinski definition) is 5. The monoisotopic (exact) mass is 430 g/mol. The summed E-state index contributed by atoms with van der Waals surface area (Å²) in [6.07, 6.45) is 0.977. The second kappa shape index (κ2) is 8.96. The van der Waals surface area contributed by atoms with Gasteiger partial charge in [-0.1, -0.05) is 42.5 Å². The lowest BCUT2D eigenvalue weighted by atomic mass is 10.1. The van der Waals surface area contributed by atoms with Crippen molar-refractivity contribution in [2.24, 2.45) is 0 Å². The van der Waals surface area contributed by atoms with Gasteiger partial charge in [-0.2, -0.15) is 5.10 Å². The van der Waals surface area contributed by atoms with Gasteiger partial charge in [0.15, 0.2) is 0 Å². The summed E-state index contributed by atoms with van der Waals surface area (Å²) in [5.41, 5.74) is 3.90. The Morgan fingerprint density at radius 1 is 0.969 bits per heavy atom. The molecule has 7 heteroatoms. The predicted molar refractivity (Wildman–Crippen MR) is 121 cm³/mol. The quantitative estimate of drug-likeness (QED) is 0.621. The first-order chi connectivity index (χ1) is 15.7. The molecule has 0 spiro atoms. The lowest BCUT2D eigenvalue weighted by Crippen LogP contribution is -2.49. The summed E-state index contributed by atoms with van der Waals surface area (Å²) >= 11 is 0. The molecule has 2 aliphatic rings. The highest BCUT2D eigenvalue weighted by molar-refractivity contribution is 5.76. The summed E-state index contributed by atoms with van der Waals surface area (Å²) in [5.74, 6) is 0.934. The fourth-order valence-electron chi connectivity index (χ4n) is 4.31. The average Bonchev–Trinajstić information content (AvgIpc) is 3.29. The van der Waals surface area contributed by atoms with Gasteiger partial charge in [-0.25, -0.2) is 4.68 Å². The molecule has 5 rings (SSSR count). The zero-order valence-electron chi connectivity index (χ0n) is 17.9. The minimum Gasteiger partial charge on any atom is -0.493 e. The van der Waals surface area contributed by atoms with Crippen LogP contribution in [0.5, 0.6) is 5.75 Å². The van der Waals surface area contributed by atoms with Crippen LogP contribution < -0.4 is 10.3 Å². The van der Waals surface area contributed by atoms with Crippen molar-refractivity contribution in [3.05, 3.63) is 82.1 Å². The number of aromatic nitrogens is 2. The highest BCUT2D eigenvalue weighted by atomic mass is 16.5. The number of carbonyl (C=O) groups is 1. The van der Waals surface area contributed by atoms with Crippen molar-refractivity contribution >= 4 is 5.91 Å². The normalized spacial score (nSPS) is 15.9. The van der Waals surface area contributed by atoms with E-state index in [1.807, 2.05) is 35.2 Å². The van der Waals surface area contributed by atoms with Gasteiger partial charge in [0.2, 0.25) is 5.91 Å². The van der Waals surface area contributed by atoms with Crippen LogP contribution in [0.15, 0.2) is 65.5 Å². The van der Waals surface area contributed by atoms with E-state index < -0.39 is 0 Å². The molecule has 164 valence electrons. The third-order valence-corrected chi connectivity index (χ3v) is 6.11. The number of fused-ring (bicyclic) bond motifs is 1. The SMILES string of the molecule is O=C(Cn1nc(-c2ccccc2)ccc1=O)N1CCN(Cc2ccc3c(c2)CCO3)CC1. The van der Waals surface area contributed by atoms with Crippen LogP contribution in [0.4, 0.5) is 0 Å². The Bertz CT molecular complexity index is 1170. The Balaban J connectivity index is 1.18. The van der Waals surface area contributed by atoms with Crippen molar-refractivity contribution in [1.82, 2.24) is 19.6 Å². The van der Waals surface area contributed by atoms with Crippen molar-refractivity contribution in [2.75, 3.05) is 32.8 Å². The Morgan fingerprint density at radius 3 is 2.59 bits per heavy atom. The number of hydrogen-bond donors (Lipinski definition) is 0. The van der Waals surface area contributed by atoms with Crippen molar-refractivity contribution in [1.29, 1.82) is 0 Å². The van der Waals surface area contributed by atoms with Gasteiger partial charge >= 0.3 is 0 Å². The van der Waals surface area contributed by atoms with E-state index in [4.69, 9.17) is 4.74 Å². The van der Waals surface area contributed by atoms with E-state index in [1.165, 1.54) is 21.9 Å². The molecule has 0 N–H and O–H groups in total. The van der Waals surface area contributed by atoms with Gasteiger partial charge in [0, 0.05) is 50.8 Å². The van der Waals surface area contributed by atoms with E-state index >= 15 is 0 Å². The average molecular weight is 431 g/mol. The largest absolute Gasteiger partial charge is 0.493 e. The van der Waals surface area contributed by atoms with Crippen LogP contribution in [-0.2, 0) is 24.3 Å². The summed E-state index contributed by atoms with van der Waals surface area (Å²) < 4.78 is 6.85. The Hall–Kier alpha value is -3.45. The maximum atomic E-state index is 12.9. The molecule has 2 aliphatic heterocycles. The molecular formula is C25H26N4O3. The van der Waals surface area contributed by atoms with Gasteiger partial charge in [-0.15, -0.1) is 0 Å². The summed E-state index contributed by atoms with van der Waals surface area (Å²) in [7, 11) is 0. The van der Waals surface area contributed by atoms with Gasteiger partial charge in [0.25, 0.3) is 5.56 Å². The minimum absolute atomic E-state index is 0.0374. The van der Waals surface area contributed by atoms with Gasteiger partial charge in [0.1, 0.15) is 12.3 Å². The van der Waals surface area contributed by atoms with E-state index in [-0.39, 0.29) is 18.0 Å². The molecular weight excluding hydrogens is 404 g/mol. The van der Waals surface area contributed by atoms with Crippen LogP contribution in [0.2, 0.25) is 0 Å². The van der Waals surface area contributed by atoms with Crippen LogP contribution in [0.3, 0.4) is 0 Å². The molecule has 0 saturated carbocycles. The first kappa shape index (κ1) is 20.5. The van der Waals surface area contributed by atoms with Crippen LogP contribution >= 0.6 is 0 Å². The minimum atomic E-state index is -0.266. The van der Waals surface area contributed by atoms with Crippen molar-refractivity contribution in [3.63, 3.8) is 0 Å². The maximum absolute atomic E-state index is 12.9. The summed E-state index contributed by atoms with van der Waals surface area (Å²) in [5, 5.41) is 4.41. The predicted octanol–water partition coefficient (Wildman–Crippen LogP) is 2.19. The second-order valence-electron chi connectivity index (χ2n) is 8.28. The molecule has 3 heterocycles. The van der Waals surface area contributed by atoms with Gasteiger partial charge in [-0.05, 0) is 23.3 Å². The van der Waals surface area contributed by atoms with Gasteiger partial charge < -0.3 is 9.64 Å². The smallest absolute Gasteiger partial charge is 0.267 e. The number of amides is 1. The molecule has 0 atom stereocenters. The Labute approximate surface area is 186 Å². The molecule has 1 amide bonds. The zero-order valence-corrected chi connectivity index (χ0v) is 17.9. The van der Waals surface area contributed by atoms with Gasteiger partial charge in [0.05, 0.1) is 12.3 Å². The van der Waals surface area contributed by atoms with Crippen molar-refractivity contribution in [3.8, 4) is 17.0 Å². The third-order valence-electron chi connectivity index (χ3n) is 6.11. The molecule has 3 aromatic rings. The van der Waals surface area contributed by atoms with Crippen LogP contribution in [-0.4, -0.2) is 58.3 Å². The van der Waals surface area contributed by atoms with E-state index in [0.29, 0.717) is 18.8 Å². The molecule has 7 nitrogen and oxygen atoms in total. The van der Waals surface area contributed by atoms with E-state index in [1.54, 1.807) is 6.07 Å². The van der Waals surface area contributed by atoms with Crippen molar-refractivity contribution < 1.29 is 9.53 Å². The molecule has 0 aliphatic carbocycles. The fourth-order valence-corrected chi connectivity index (χ4v) is 4.31. The molecule has 1 aromatic heterocycles. The number of piperazine rings is 1. The van der Waals surface area contributed by atoms with E-state index in [9.17, 15) is 9.59 Å². The summed E-state index contributed by atoms with van der Waals surface area (Å²) in [4.78, 5) is 29.3. The maximum Gasteiger partial charge on any atom is 0.267 e. The topological polar surface area (TPSA) is 67.7 Å². The molecule has 32 heavy (non-hydrogen) atoms. The standard InChI is InChI=1S/C25H26N4O3/c30-24-9-7-22(20-4-2-1-3-5-20)26-29(24)18-25(31)28-13-11-27(12-14-28)17-19-6-8-23-21(16-19)10-15-32-23/h1-9,16H,10-15,17-18H2. The van der Waals surface area contributed by atoms with Crippen LogP contribution in [0, 0.1) is 0 Å². The highest BCUT2D eigenvalue weighted by Crippen LogP contribution is 2.26. The Morgan fingerprint density at radius 2 is 1.78 bits per heavy atom. The molecule has 2 aromatic carbocycles. The summed E-state index contributed by atoms with van der Waals surface area (Å²) in [6, 6.07) is 19.2. The van der Waals surface area contributed by atoms with E-state index in [2.05, 4.69) is 28.2 Å². The van der Waals surface area contributed by atoms with Crippen LogP contribution in [0.25, 0.3) is 11.3 Å². The Kier molecular flexibility index (Phi) is 5.73. The molecule has 0 bridgehead atoms. The highest BCUT2D eigenvalue weighted by Gasteiger charge is 2.22. The number of ether oxygens (including phenoxy) is 1. The third kappa shape index (κ3) is 4.43. The number of carbonyl (C=O) groups excluding carboxylic acids is 1. The number of rotatable bonds is 5. The van der Waals surface area contributed by atoms with E-state index in [0.717, 1.165) is 44.0 Å². The molecule has 1 saturated heterocycles. The summed E-state index contributed by atoms with van der Waals surface area (Å²) in [6.45, 7) is 4.53. The van der Waals surface area contributed by atoms with Crippen molar-refractivity contribution in [2.45, 2.75) is 19.5 Å². The molecule has 1 fully saturated rings. The zero-order chi connectivity index (χ0) is 21.9. The lowest BCUT2D eigenvalue weighted by Gasteiger charge is -2.34. The number of nitrogens with zero attached hydrogens (tertiary/aromatic N) is 4. The number of benzene rings is 2. The second-order valence-corrected chi connectivity index (χ2v) is 8.28. The van der Waals surface area contributed by atoms with Crippen LogP contribution in [0.1, 0.15) is 11.1 Å². The fraction of sp³-hybridized carbons (Fsp3) is 0.320. The van der Waals surface area contributed by atoms with Gasteiger partial charge in [-0.3, -0.25) is 14.5 Å². The molecule has 0 radical (unpaired) electrons. The molecule has 0 unspecified atom stereocenters. The first-order valence-corrected chi connectivity index (χ1v) is 11.0.